The maximum atomic E-state index is 12.4. The summed E-state index contributed by atoms with van der Waals surface area (Å²) in [5, 5.41) is 23.0. The van der Waals surface area contributed by atoms with Gasteiger partial charge in [-0.1, -0.05) is 13.8 Å². The Kier molecular flexibility index (Phi) is 6.84. The largest absolute Gasteiger partial charge is 0.470 e. The number of hydrogen-bond acceptors (Lipinski definition) is 8. The van der Waals surface area contributed by atoms with Crippen molar-refractivity contribution in [3.8, 4) is 11.9 Å². The van der Waals surface area contributed by atoms with Crippen LogP contribution in [0.1, 0.15) is 58.4 Å². The van der Waals surface area contributed by atoms with E-state index in [0.717, 1.165) is 6.42 Å². The van der Waals surface area contributed by atoms with Crippen molar-refractivity contribution in [3.63, 3.8) is 0 Å². The van der Waals surface area contributed by atoms with Crippen LogP contribution in [0.15, 0.2) is 6.20 Å². The molecule has 9 nitrogen and oxygen atoms in total. The smallest absolute Gasteiger partial charge is 0.236 e. The van der Waals surface area contributed by atoms with Gasteiger partial charge in [-0.15, -0.1) is 0 Å². The van der Waals surface area contributed by atoms with Gasteiger partial charge in [-0.2, -0.15) is 10.2 Å². The van der Waals surface area contributed by atoms with Crippen molar-refractivity contribution in [2.45, 2.75) is 70.6 Å². The van der Waals surface area contributed by atoms with Crippen LogP contribution in [0.4, 0.5) is 5.95 Å². The summed E-state index contributed by atoms with van der Waals surface area (Å²) >= 11 is 0. The summed E-state index contributed by atoms with van der Waals surface area (Å²) in [4.78, 5) is 8.57. The number of hydrogen-bond donors (Lipinski definition) is 2. The maximum absolute atomic E-state index is 12.4. The Hall–Kier alpha value is -1.96. The predicted molar refractivity (Wildman–Crippen MR) is 112 cm³/mol. The number of aromatic nitrogens is 2. The summed E-state index contributed by atoms with van der Waals surface area (Å²) in [7, 11) is -3.22. The Balaban J connectivity index is 1.63. The van der Waals surface area contributed by atoms with Crippen molar-refractivity contribution in [3.05, 3.63) is 11.8 Å². The van der Waals surface area contributed by atoms with E-state index < -0.39 is 21.7 Å². The first-order valence-corrected chi connectivity index (χ1v) is 12.1. The Morgan fingerprint density at radius 3 is 2.67 bits per heavy atom. The third-order valence-electron chi connectivity index (χ3n) is 5.70. The lowest BCUT2D eigenvalue weighted by molar-refractivity contribution is -0.0271. The molecule has 1 aliphatic heterocycles. The second-order valence-corrected chi connectivity index (χ2v) is 10.9. The fraction of sp³-hybridized carbons (Fsp3) is 0.750. The number of aliphatic hydroxyl groups is 1. The monoisotopic (exact) mass is 437 g/mol. The SMILES string of the molecule is CC(C)CS(=O)(=O)N1CCC(Nc2ncc(C#N)c(OC3CCCC3(C)O)n2)CC1. The number of nitrogens with one attached hydrogen (secondary N) is 1. The van der Waals surface area contributed by atoms with E-state index in [1.807, 2.05) is 19.9 Å². The minimum Gasteiger partial charge on any atom is -0.470 e. The first kappa shape index (κ1) is 22.7. The van der Waals surface area contributed by atoms with E-state index in [9.17, 15) is 18.8 Å². The normalized spacial score (nSPS) is 25.9. The first-order valence-electron chi connectivity index (χ1n) is 10.5. The molecule has 0 aromatic carbocycles. The standard InChI is InChI=1S/C20H31N5O4S/c1-14(2)13-30(27,28)25-9-6-16(7-10-25)23-19-22-12-15(11-21)18(24-19)29-17-5-4-8-20(17,3)26/h12,14,16-17,26H,4-10,13H2,1-3H3,(H,22,23,24). The summed E-state index contributed by atoms with van der Waals surface area (Å²) < 4.78 is 32.3. The molecular formula is C20H31N5O4S. The van der Waals surface area contributed by atoms with Crippen LogP contribution in [0.5, 0.6) is 5.88 Å². The molecule has 2 N–H and O–H groups in total. The molecule has 0 spiro atoms. The topological polar surface area (TPSA) is 128 Å². The molecular weight excluding hydrogens is 406 g/mol. The van der Waals surface area contributed by atoms with Crippen LogP contribution in [0.2, 0.25) is 0 Å². The zero-order valence-electron chi connectivity index (χ0n) is 17.8. The summed E-state index contributed by atoms with van der Waals surface area (Å²) in [6.45, 7) is 6.45. The number of rotatable bonds is 7. The van der Waals surface area contributed by atoms with Crippen LogP contribution in [0.25, 0.3) is 0 Å². The van der Waals surface area contributed by atoms with Crippen molar-refractivity contribution in [2.24, 2.45) is 5.92 Å². The van der Waals surface area contributed by atoms with E-state index in [1.165, 1.54) is 6.20 Å². The average molecular weight is 438 g/mol. The highest BCUT2D eigenvalue weighted by Crippen LogP contribution is 2.33. The fourth-order valence-corrected chi connectivity index (χ4v) is 5.85. The minimum absolute atomic E-state index is 0.0332. The minimum atomic E-state index is -3.22. The highest BCUT2D eigenvalue weighted by molar-refractivity contribution is 7.89. The van der Waals surface area contributed by atoms with Crippen LogP contribution in [0.3, 0.4) is 0 Å². The van der Waals surface area contributed by atoms with Gasteiger partial charge in [-0.25, -0.2) is 17.7 Å². The molecule has 2 aliphatic rings. The van der Waals surface area contributed by atoms with Crippen molar-refractivity contribution in [1.82, 2.24) is 14.3 Å². The van der Waals surface area contributed by atoms with E-state index in [-0.39, 0.29) is 29.2 Å². The highest BCUT2D eigenvalue weighted by Gasteiger charge is 2.39. The van der Waals surface area contributed by atoms with E-state index in [1.54, 1.807) is 11.2 Å². The van der Waals surface area contributed by atoms with Gasteiger partial charge in [0.2, 0.25) is 21.9 Å². The van der Waals surface area contributed by atoms with Crippen LogP contribution in [0, 0.1) is 17.2 Å². The summed E-state index contributed by atoms with van der Waals surface area (Å²) in [6, 6.07) is 2.07. The zero-order chi connectivity index (χ0) is 21.9. The van der Waals surface area contributed by atoms with E-state index in [2.05, 4.69) is 15.3 Å². The van der Waals surface area contributed by atoms with Crippen molar-refractivity contribution in [1.29, 1.82) is 5.26 Å². The van der Waals surface area contributed by atoms with E-state index in [4.69, 9.17) is 4.74 Å². The molecule has 0 amide bonds. The first-order chi connectivity index (χ1) is 14.1. The van der Waals surface area contributed by atoms with Gasteiger partial charge in [0, 0.05) is 19.1 Å². The molecule has 1 saturated heterocycles. The van der Waals surface area contributed by atoms with Crippen LogP contribution in [-0.2, 0) is 10.0 Å². The molecule has 10 heteroatoms. The number of ether oxygens (including phenoxy) is 1. The lowest BCUT2D eigenvalue weighted by atomic mass is 10.0. The number of piperidine rings is 1. The Labute approximate surface area is 178 Å². The quantitative estimate of drug-likeness (QED) is 0.662. The molecule has 2 fully saturated rings. The van der Waals surface area contributed by atoms with Crippen molar-refractivity contribution in [2.75, 3.05) is 24.2 Å². The molecule has 166 valence electrons. The van der Waals surface area contributed by atoms with Crippen LogP contribution < -0.4 is 10.1 Å². The Bertz CT molecular complexity index is 889. The van der Waals surface area contributed by atoms with Gasteiger partial charge in [0.25, 0.3) is 0 Å². The number of sulfonamides is 1. The molecule has 0 radical (unpaired) electrons. The van der Waals surface area contributed by atoms with E-state index >= 15 is 0 Å². The van der Waals surface area contributed by atoms with Gasteiger partial charge in [0.15, 0.2) is 0 Å². The third kappa shape index (κ3) is 5.39. The van der Waals surface area contributed by atoms with Gasteiger partial charge in [-0.05, 0) is 44.9 Å². The molecule has 1 aromatic heterocycles. The van der Waals surface area contributed by atoms with Crippen LogP contribution >= 0.6 is 0 Å². The van der Waals surface area contributed by atoms with E-state index in [0.29, 0.717) is 44.7 Å². The number of nitriles is 1. The van der Waals surface area contributed by atoms with Gasteiger partial charge >= 0.3 is 0 Å². The molecule has 1 aliphatic carbocycles. The molecule has 30 heavy (non-hydrogen) atoms. The molecule has 2 heterocycles. The second-order valence-electron chi connectivity index (χ2n) is 8.87. The van der Waals surface area contributed by atoms with Gasteiger partial charge < -0.3 is 15.2 Å². The summed E-state index contributed by atoms with van der Waals surface area (Å²) in [6.07, 6.45) is 4.50. The number of nitrogens with zero attached hydrogens (tertiary/aromatic N) is 4. The molecule has 2 atom stereocenters. The van der Waals surface area contributed by atoms with Crippen LogP contribution in [-0.4, -0.2) is 64.4 Å². The van der Waals surface area contributed by atoms with Crippen molar-refractivity contribution < 1.29 is 18.3 Å². The molecule has 1 aromatic rings. The van der Waals surface area contributed by atoms with Gasteiger partial charge in [0.1, 0.15) is 17.7 Å². The lowest BCUT2D eigenvalue weighted by Crippen LogP contribution is -2.44. The fourth-order valence-electron chi connectivity index (χ4n) is 4.03. The predicted octanol–water partition coefficient (Wildman–Crippen LogP) is 1.89. The Morgan fingerprint density at radius 1 is 1.40 bits per heavy atom. The molecule has 1 saturated carbocycles. The zero-order valence-corrected chi connectivity index (χ0v) is 18.7. The summed E-state index contributed by atoms with van der Waals surface area (Å²) in [5.41, 5.74) is -0.725. The van der Waals surface area contributed by atoms with Gasteiger partial charge in [0.05, 0.1) is 17.6 Å². The molecule has 2 unspecified atom stereocenters. The average Bonchev–Trinajstić information content (AvgIpc) is 2.99. The molecule has 0 bridgehead atoms. The van der Waals surface area contributed by atoms with Gasteiger partial charge in [-0.3, -0.25) is 0 Å². The number of anilines is 1. The Morgan fingerprint density at radius 2 is 2.10 bits per heavy atom. The summed E-state index contributed by atoms with van der Waals surface area (Å²) in [5.74, 6) is 0.761. The lowest BCUT2D eigenvalue weighted by Gasteiger charge is -2.32. The highest BCUT2D eigenvalue weighted by atomic mass is 32.2. The van der Waals surface area contributed by atoms with Crippen molar-refractivity contribution >= 4 is 16.0 Å². The maximum Gasteiger partial charge on any atom is 0.236 e. The third-order valence-corrected chi connectivity index (χ3v) is 7.94. The second kappa shape index (κ2) is 9.04. The molecule has 3 rings (SSSR count).